The Morgan fingerprint density at radius 2 is 0.885 bits per heavy atom. The van der Waals surface area contributed by atoms with E-state index in [4.69, 9.17) is 4.74 Å². The van der Waals surface area contributed by atoms with Gasteiger partial charge in [-0.05, 0) is 24.3 Å². The Labute approximate surface area is 144 Å². The molecule has 0 radical (unpaired) electrons. The van der Waals surface area contributed by atoms with Crippen LogP contribution >= 0.6 is 0 Å². The Bertz CT molecular complexity index is 1150. The fourth-order valence-corrected chi connectivity index (χ4v) is 4.51. The molecule has 0 amide bonds. The lowest BCUT2D eigenvalue weighted by molar-refractivity contribution is 0.0425. The molecule has 0 aromatic heterocycles. The number of esters is 4. The van der Waals surface area contributed by atoms with E-state index in [2.05, 4.69) is 9.47 Å². The minimum Gasteiger partial charge on any atom is -0.455 e. The summed E-state index contributed by atoms with van der Waals surface area (Å²) >= 11 is 0. The third-order valence-electron chi connectivity index (χ3n) is 4.22. The molecule has 0 unspecified atom stereocenters. The van der Waals surface area contributed by atoms with Gasteiger partial charge in [0.1, 0.15) is 21.3 Å². The number of carbonyl (C=O) groups is 4. The number of hydrogen-bond acceptors (Lipinski definition) is 9. The number of sulfone groups is 1. The average Bonchev–Trinajstić information content (AvgIpc) is 3.01. The number of ether oxygens (including phenoxy) is 3. The molecule has 0 saturated heterocycles. The molecule has 2 aromatic rings. The Morgan fingerprint density at radius 3 is 1.27 bits per heavy atom. The minimum absolute atomic E-state index is 0.122. The summed E-state index contributed by atoms with van der Waals surface area (Å²) in [6.07, 6.45) is 0. The van der Waals surface area contributed by atoms with E-state index in [-0.39, 0.29) is 43.5 Å². The highest BCUT2D eigenvalue weighted by molar-refractivity contribution is 7.91. The molecule has 26 heavy (non-hydrogen) atoms. The highest BCUT2D eigenvalue weighted by Gasteiger charge is 2.41. The lowest BCUT2D eigenvalue weighted by Crippen LogP contribution is -2.14. The van der Waals surface area contributed by atoms with Crippen LogP contribution in [0.25, 0.3) is 0 Å². The Morgan fingerprint density at radius 1 is 0.538 bits per heavy atom. The van der Waals surface area contributed by atoms with Gasteiger partial charge in [-0.1, -0.05) is 0 Å². The average molecular weight is 372 g/mol. The van der Waals surface area contributed by atoms with Crippen molar-refractivity contribution >= 4 is 33.7 Å². The summed E-state index contributed by atoms with van der Waals surface area (Å²) < 4.78 is 40.3. The fourth-order valence-electron chi connectivity index (χ4n) is 3.00. The van der Waals surface area contributed by atoms with Crippen LogP contribution in [0.1, 0.15) is 41.4 Å². The SMILES string of the molecule is O=C1OC(=O)c2cc3c(cc21)Oc1cc2c(cc1S3(=O)=O)C(=O)OC2=O. The summed E-state index contributed by atoms with van der Waals surface area (Å²) in [5, 5.41) is 0. The lowest BCUT2D eigenvalue weighted by atomic mass is 10.1. The molecule has 3 heterocycles. The van der Waals surface area contributed by atoms with Crippen molar-refractivity contribution < 1.29 is 41.8 Å². The first kappa shape index (κ1) is 14.8. The van der Waals surface area contributed by atoms with Gasteiger partial charge in [-0.15, -0.1) is 0 Å². The molecule has 0 spiro atoms. The van der Waals surface area contributed by atoms with E-state index in [0.29, 0.717) is 0 Å². The second kappa shape index (κ2) is 4.35. The zero-order chi connectivity index (χ0) is 18.4. The molecule has 0 atom stereocenters. The predicted octanol–water partition coefficient (Wildman–Crippen LogP) is 1.25. The molecule has 128 valence electrons. The number of fused-ring (bicyclic) bond motifs is 4. The first-order chi connectivity index (χ1) is 12.3. The van der Waals surface area contributed by atoms with Crippen molar-refractivity contribution in [2.75, 3.05) is 0 Å². The maximum absolute atomic E-state index is 12.9. The van der Waals surface area contributed by atoms with Gasteiger partial charge in [-0.2, -0.15) is 0 Å². The van der Waals surface area contributed by atoms with Crippen molar-refractivity contribution in [3.8, 4) is 11.5 Å². The van der Waals surface area contributed by atoms with Gasteiger partial charge in [0.15, 0.2) is 0 Å². The van der Waals surface area contributed by atoms with E-state index >= 15 is 0 Å². The van der Waals surface area contributed by atoms with Crippen LogP contribution in [-0.2, 0) is 19.3 Å². The highest BCUT2D eigenvalue weighted by atomic mass is 32.2. The maximum atomic E-state index is 12.9. The van der Waals surface area contributed by atoms with Gasteiger partial charge in [-0.3, -0.25) is 0 Å². The van der Waals surface area contributed by atoms with E-state index in [9.17, 15) is 27.6 Å². The number of hydrogen-bond donors (Lipinski definition) is 0. The summed E-state index contributed by atoms with van der Waals surface area (Å²) in [6.45, 7) is 0. The summed E-state index contributed by atoms with van der Waals surface area (Å²) in [5.74, 6) is -4.14. The predicted molar refractivity (Wildman–Crippen MR) is 77.9 cm³/mol. The van der Waals surface area contributed by atoms with E-state index in [0.717, 1.165) is 24.3 Å². The topological polar surface area (TPSA) is 130 Å². The van der Waals surface area contributed by atoms with Crippen LogP contribution in [0.4, 0.5) is 0 Å². The molecular formula is C16H4O9S. The zero-order valence-electron chi connectivity index (χ0n) is 12.4. The Balaban J connectivity index is 1.79. The van der Waals surface area contributed by atoms with Crippen LogP contribution in [0, 0.1) is 0 Å². The molecule has 5 rings (SSSR count). The van der Waals surface area contributed by atoms with Crippen LogP contribution in [-0.4, -0.2) is 32.3 Å². The second-order valence-corrected chi connectivity index (χ2v) is 7.54. The molecule has 9 nitrogen and oxygen atoms in total. The number of rotatable bonds is 0. The second-order valence-electron chi connectivity index (χ2n) is 5.65. The van der Waals surface area contributed by atoms with Gasteiger partial charge in [0, 0.05) is 0 Å². The molecule has 10 heteroatoms. The molecule has 0 aliphatic carbocycles. The largest absolute Gasteiger partial charge is 0.455 e. The summed E-state index contributed by atoms with van der Waals surface area (Å²) in [5.41, 5.74) is -0.633. The van der Waals surface area contributed by atoms with E-state index in [1.807, 2.05) is 0 Å². The van der Waals surface area contributed by atoms with E-state index < -0.39 is 33.7 Å². The molecule has 0 saturated carbocycles. The molecule has 2 aromatic carbocycles. The third kappa shape index (κ3) is 1.66. The van der Waals surface area contributed by atoms with Crippen LogP contribution in [0.15, 0.2) is 34.1 Å². The molecule has 0 bridgehead atoms. The number of carbonyl (C=O) groups excluding carboxylic acids is 4. The molecule has 0 N–H and O–H groups in total. The van der Waals surface area contributed by atoms with Crippen molar-refractivity contribution in [2.24, 2.45) is 0 Å². The standard InChI is InChI=1S/C16H4O9S/c17-13-5-1-9-11(3-7(5)15(19)24-13)26(21,22)12-4-8-6(2-10(12)23-9)14(18)25-16(8)20/h1-4H. The monoisotopic (exact) mass is 372 g/mol. The van der Waals surface area contributed by atoms with Gasteiger partial charge >= 0.3 is 23.9 Å². The van der Waals surface area contributed by atoms with Gasteiger partial charge < -0.3 is 14.2 Å². The van der Waals surface area contributed by atoms with Crippen molar-refractivity contribution in [1.82, 2.24) is 0 Å². The van der Waals surface area contributed by atoms with Crippen LogP contribution < -0.4 is 4.74 Å². The van der Waals surface area contributed by atoms with Crippen LogP contribution in [0.5, 0.6) is 11.5 Å². The van der Waals surface area contributed by atoms with Crippen molar-refractivity contribution in [2.45, 2.75) is 9.79 Å². The smallest absolute Gasteiger partial charge is 0.347 e. The molecule has 0 fully saturated rings. The van der Waals surface area contributed by atoms with Gasteiger partial charge in [-0.25, -0.2) is 27.6 Å². The van der Waals surface area contributed by atoms with Gasteiger partial charge in [0.05, 0.1) is 22.3 Å². The van der Waals surface area contributed by atoms with Gasteiger partial charge in [0.25, 0.3) is 0 Å². The number of benzene rings is 2. The van der Waals surface area contributed by atoms with Crippen molar-refractivity contribution in [3.63, 3.8) is 0 Å². The van der Waals surface area contributed by atoms with Gasteiger partial charge in [0.2, 0.25) is 9.84 Å². The van der Waals surface area contributed by atoms with Crippen LogP contribution in [0.3, 0.4) is 0 Å². The summed E-state index contributed by atoms with van der Waals surface area (Å²) in [4.78, 5) is 45.9. The normalized spacial score (nSPS) is 18.3. The quantitative estimate of drug-likeness (QED) is 0.422. The molecule has 3 aliphatic heterocycles. The van der Waals surface area contributed by atoms with E-state index in [1.165, 1.54) is 0 Å². The van der Waals surface area contributed by atoms with Crippen molar-refractivity contribution in [1.29, 1.82) is 0 Å². The Hall–Kier alpha value is -3.53. The Kier molecular flexibility index (Phi) is 2.47. The van der Waals surface area contributed by atoms with Crippen molar-refractivity contribution in [3.05, 3.63) is 46.5 Å². The highest BCUT2D eigenvalue weighted by Crippen LogP contribution is 2.46. The third-order valence-corrected chi connectivity index (χ3v) is 6.01. The first-order valence-electron chi connectivity index (χ1n) is 7.09. The summed E-state index contributed by atoms with van der Waals surface area (Å²) in [6, 6.07) is 4.17. The maximum Gasteiger partial charge on any atom is 0.347 e. The zero-order valence-corrected chi connectivity index (χ0v) is 13.2. The first-order valence-corrected chi connectivity index (χ1v) is 8.58. The lowest BCUT2D eigenvalue weighted by Gasteiger charge is -2.21. The molecular weight excluding hydrogens is 368 g/mol. The van der Waals surface area contributed by atoms with Crippen LogP contribution in [0.2, 0.25) is 0 Å². The fraction of sp³-hybridized carbons (Fsp3) is 0. The van der Waals surface area contributed by atoms with E-state index in [1.54, 1.807) is 0 Å². The summed E-state index contributed by atoms with van der Waals surface area (Å²) in [7, 11) is -4.19. The molecule has 3 aliphatic rings. The minimum atomic E-state index is -4.19. The number of cyclic esters (lactones) is 4.